The van der Waals surface area contributed by atoms with Crippen LogP contribution < -0.4 is 5.48 Å². The van der Waals surface area contributed by atoms with Crippen LogP contribution in [0.15, 0.2) is 30.3 Å². The first-order chi connectivity index (χ1) is 9.24. The van der Waals surface area contributed by atoms with Crippen LogP contribution in [0.25, 0.3) is 0 Å². The van der Waals surface area contributed by atoms with E-state index in [1.54, 1.807) is 30.3 Å². The normalized spacial score (nSPS) is 10.1. The fourth-order valence-corrected chi connectivity index (χ4v) is 1.78. The molecule has 0 bridgehead atoms. The van der Waals surface area contributed by atoms with Crippen LogP contribution in [0.4, 0.5) is 0 Å². The Hall–Kier alpha value is -1.74. The van der Waals surface area contributed by atoms with Gasteiger partial charge in [-0.3, -0.25) is 9.36 Å². The van der Waals surface area contributed by atoms with Crippen molar-refractivity contribution >= 4 is 20.3 Å². The highest BCUT2D eigenvalue weighted by molar-refractivity contribution is 7.23. The van der Waals surface area contributed by atoms with Crippen LogP contribution in [0.2, 0.25) is 0 Å². The lowest BCUT2D eigenvalue weighted by molar-refractivity contribution is -0.149. The Labute approximate surface area is 113 Å². The van der Waals surface area contributed by atoms with Crippen molar-refractivity contribution in [3.8, 4) is 0 Å². The summed E-state index contributed by atoms with van der Waals surface area (Å²) in [5, 5.41) is 0. The summed E-state index contributed by atoms with van der Waals surface area (Å²) in [5.41, 5.74) is 2.55. The molecule has 0 aliphatic heterocycles. The molecule has 0 saturated carbocycles. The lowest BCUT2D eigenvalue weighted by Crippen LogP contribution is -2.26. The summed E-state index contributed by atoms with van der Waals surface area (Å²) in [7, 11) is 0.135. The molecule has 0 aromatic heterocycles. The van der Waals surface area contributed by atoms with Crippen molar-refractivity contribution in [2.24, 2.45) is 0 Å². The van der Waals surface area contributed by atoms with Gasteiger partial charge in [0, 0.05) is 18.1 Å². The van der Waals surface area contributed by atoms with Crippen LogP contribution in [0.3, 0.4) is 0 Å². The second kappa shape index (κ2) is 9.22. The Bertz CT molecular complexity index is 422. The number of amides is 1. The zero-order chi connectivity index (χ0) is 13.9. The predicted octanol–water partition coefficient (Wildman–Crippen LogP) is 2.73. The van der Waals surface area contributed by atoms with Crippen molar-refractivity contribution < 1.29 is 19.0 Å². The van der Waals surface area contributed by atoms with Crippen LogP contribution in [-0.4, -0.2) is 18.0 Å². The van der Waals surface area contributed by atoms with E-state index in [9.17, 15) is 14.2 Å². The van der Waals surface area contributed by atoms with Gasteiger partial charge in [-0.15, -0.1) is 0 Å². The first kappa shape index (κ1) is 15.3. The fraction of sp³-hybridized carbons (Fsp3) is 0.385. The molecule has 0 heterocycles. The molecule has 1 N–H and O–H groups in total. The number of rotatable bonds is 7. The predicted molar refractivity (Wildman–Crippen MR) is 70.9 cm³/mol. The van der Waals surface area contributed by atoms with Gasteiger partial charge in [-0.25, -0.2) is 4.79 Å². The number of hydrogen-bond donors (Lipinski definition) is 1. The maximum Gasteiger partial charge on any atom is 0.332 e. The zero-order valence-corrected chi connectivity index (χ0v) is 11.4. The third kappa shape index (κ3) is 6.67. The van der Waals surface area contributed by atoms with Gasteiger partial charge in [0.15, 0.2) is 8.46 Å². The zero-order valence-electron chi connectivity index (χ0n) is 10.5. The molecule has 1 aromatic carbocycles. The average Bonchev–Trinajstić information content (AvgIpc) is 2.45. The van der Waals surface area contributed by atoms with E-state index in [0.717, 1.165) is 12.8 Å². The summed E-state index contributed by atoms with van der Waals surface area (Å²) < 4.78 is 10.2. The summed E-state index contributed by atoms with van der Waals surface area (Å²) in [6.07, 6.45) is 3.14. The van der Waals surface area contributed by atoms with Crippen molar-refractivity contribution in [3.63, 3.8) is 0 Å². The molecule has 6 heteroatoms. The molecule has 1 amide bonds. The molecule has 0 saturated heterocycles. The maximum atomic E-state index is 11.5. The molecule has 0 unspecified atom stereocenters. The number of benzene rings is 1. The third-order valence-electron chi connectivity index (χ3n) is 2.42. The number of nitrogens with one attached hydrogen (secondary N) is 1. The van der Waals surface area contributed by atoms with Crippen LogP contribution in [0.5, 0.6) is 0 Å². The summed E-state index contributed by atoms with van der Waals surface area (Å²) >= 11 is 0. The second-order valence-electron chi connectivity index (χ2n) is 3.93. The van der Waals surface area contributed by atoms with Gasteiger partial charge in [0.2, 0.25) is 0 Å². The summed E-state index contributed by atoms with van der Waals surface area (Å²) in [4.78, 5) is 27.5. The lowest BCUT2D eigenvalue weighted by atomic mass is 10.2. The van der Waals surface area contributed by atoms with Crippen LogP contribution in [0.1, 0.15) is 36.0 Å². The SMILES string of the molecule is O=PCCCCCC(=O)ONC(=O)c1ccccc1. The Morgan fingerprint density at radius 2 is 1.84 bits per heavy atom. The molecule has 5 nitrogen and oxygen atoms in total. The van der Waals surface area contributed by atoms with Gasteiger partial charge in [0.25, 0.3) is 5.91 Å². The minimum Gasteiger partial charge on any atom is -0.341 e. The molecular formula is C13H16NO4P. The molecule has 102 valence electrons. The number of unbranched alkanes of at least 4 members (excludes halogenated alkanes) is 2. The van der Waals surface area contributed by atoms with Crippen molar-refractivity contribution in [1.29, 1.82) is 0 Å². The highest BCUT2D eigenvalue weighted by Gasteiger charge is 2.08. The number of hydroxylamine groups is 1. The smallest absolute Gasteiger partial charge is 0.332 e. The van der Waals surface area contributed by atoms with Gasteiger partial charge >= 0.3 is 5.97 Å². The first-order valence-corrected chi connectivity index (χ1v) is 7.08. The fourth-order valence-electron chi connectivity index (χ4n) is 1.43. The van der Waals surface area contributed by atoms with Gasteiger partial charge in [0.1, 0.15) is 0 Å². The van der Waals surface area contributed by atoms with E-state index >= 15 is 0 Å². The number of carbonyl (C=O) groups is 2. The Morgan fingerprint density at radius 3 is 2.53 bits per heavy atom. The summed E-state index contributed by atoms with van der Waals surface area (Å²) in [6.45, 7) is 0. The molecule has 0 aliphatic carbocycles. The molecule has 0 aliphatic rings. The Kier molecular flexibility index (Phi) is 7.44. The minimum atomic E-state index is -0.469. The van der Waals surface area contributed by atoms with Crippen LogP contribution in [-0.2, 0) is 14.2 Å². The number of hydrogen-bond acceptors (Lipinski definition) is 4. The third-order valence-corrected chi connectivity index (χ3v) is 2.92. The highest BCUT2D eigenvalue weighted by atomic mass is 31.1. The van der Waals surface area contributed by atoms with Gasteiger partial charge in [-0.05, 0) is 25.0 Å². The standard InChI is InChI=1S/C13H16NO4P/c15-12(9-5-2-6-10-19-17)18-14-13(16)11-7-3-1-4-8-11/h1,3-4,7-8H,2,5-6,9-10H2,(H,14,16). The van der Waals surface area contributed by atoms with E-state index < -0.39 is 11.9 Å². The van der Waals surface area contributed by atoms with Gasteiger partial charge in [-0.1, -0.05) is 24.6 Å². The van der Waals surface area contributed by atoms with E-state index in [-0.39, 0.29) is 14.9 Å². The molecule has 1 aromatic rings. The van der Waals surface area contributed by atoms with Crippen molar-refractivity contribution in [2.75, 3.05) is 6.16 Å². The molecule has 0 radical (unpaired) electrons. The molecule has 0 fully saturated rings. The first-order valence-electron chi connectivity index (χ1n) is 6.08. The molecule has 0 atom stereocenters. The topological polar surface area (TPSA) is 72.5 Å². The van der Waals surface area contributed by atoms with E-state index in [1.165, 1.54) is 0 Å². The largest absolute Gasteiger partial charge is 0.341 e. The van der Waals surface area contributed by atoms with E-state index in [4.69, 9.17) is 0 Å². The van der Waals surface area contributed by atoms with Crippen LogP contribution in [0, 0.1) is 0 Å². The van der Waals surface area contributed by atoms with Gasteiger partial charge < -0.3 is 4.84 Å². The Balaban J connectivity index is 2.16. The van der Waals surface area contributed by atoms with E-state index in [1.807, 2.05) is 0 Å². The second-order valence-corrected chi connectivity index (χ2v) is 4.64. The minimum absolute atomic E-state index is 0.135. The van der Waals surface area contributed by atoms with E-state index in [0.29, 0.717) is 18.1 Å². The molecule has 1 rings (SSSR count). The van der Waals surface area contributed by atoms with Crippen molar-refractivity contribution in [2.45, 2.75) is 25.7 Å². The van der Waals surface area contributed by atoms with Gasteiger partial charge in [0.05, 0.1) is 0 Å². The molecule has 19 heavy (non-hydrogen) atoms. The summed E-state index contributed by atoms with van der Waals surface area (Å²) in [6, 6.07) is 8.51. The van der Waals surface area contributed by atoms with Crippen molar-refractivity contribution in [3.05, 3.63) is 35.9 Å². The monoisotopic (exact) mass is 281 g/mol. The Morgan fingerprint density at radius 1 is 1.11 bits per heavy atom. The quantitative estimate of drug-likeness (QED) is 0.474. The lowest BCUT2D eigenvalue weighted by Gasteiger charge is -2.05. The molecule has 0 spiro atoms. The number of carbonyl (C=O) groups excluding carboxylic acids is 2. The maximum absolute atomic E-state index is 11.5. The van der Waals surface area contributed by atoms with E-state index in [2.05, 4.69) is 10.3 Å². The summed E-state index contributed by atoms with van der Waals surface area (Å²) in [5.74, 6) is -0.914. The average molecular weight is 281 g/mol. The molecular weight excluding hydrogens is 265 g/mol. The van der Waals surface area contributed by atoms with Crippen molar-refractivity contribution in [1.82, 2.24) is 5.48 Å². The van der Waals surface area contributed by atoms with Gasteiger partial charge in [-0.2, -0.15) is 5.48 Å². The highest BCUT2D eigenvalue weighted by Crippen LogP contribution is 2.05. The van der Waals surface area contributed by atoms with Crippen LogP contribution >= 0.6 is 8.46 Å².